The molecule has 0 unspecified atom stereocenters. The first-order valence-electron chi connectivity index (χ1n) is 7.67. The molecule has 0 radical (unpaired) electrons. The highest BCUT2D eigenvalue weighted by Gasteiger charge is 2.13. The van der Waals surface area contributed by atoms with E-state index >= 15 is 0 Å². The van der Waals surface area contributed by atoms with Gasteiger partial charge in [-0.05, 0) is 42.3 Å². The smallest absolute Gasteiger partial charge is 0.310 e. The van der Waals surface area contributed by atoms with Crippen LogP contribution in [0, 0.1) is 6.92 Å². The second kappa shape index (κ2) is 8.03. The van der Waals surface area contributed by atoms with Gasteiger partial charge in [-0.2, -0.15) is 0 Å². The summed E-state index contributed by atoms with van der Waals surface area (Å²) in [5, 5.41) is 3.96. The van der Waals surface area contributed by atoms with E-state index in [2.05, 4.69) is 10.3 Å². The van der Waals surface area contributed by atoms with Crippen molar-refractivity contribution in [2.45, 2.75) is 13.3 Å². The van der Waals surface area contributed by atoms with E-state index < -0.39 is 11.9 Å². The SMILES string of the molecule is Cc1ccc2nc(NC(=O)COC(=O)Cc3ccc(Cl)cc3Cl)sc2c1. The number of nitrogens with one attached hydrogen (secondary N) is 1. The van der Waals surface area contributed by atoms with Crippen molar-refractivity contribution >= 4 is 61.8 Å². The highest BCUT2D eigenvalue weighted by molar-refractivity contribution is 7.22. The molecule has 0 atom stereocenters. The summed E-state index contributed by atoms with van der Waals surface area (Å²) in [5.41, 5.74) is 2.52. The lowest BCUT2D eigenvalue weighted by Crippen LogP contribution is -2.21. The van der Waals surface area contributed by atoms with Crippen molar-refractivity contribution in [1.29, 1.82) is 0 Å². The number of aromatic nitrogens is 1. The lowest BCUT2D eigenvalue weighted by molar-refractivity contribution is -0.146. The molecule has 0 fully saturated rings. The first-order valence-corrected chi connectivity index (χ1v) is 9.24. The standard InChI is InChI=1S/C18H14Cl2N2O3S/c1-10-2-5-14-15(6-10)26-18(21-14)22-16(23)9-25-17(24)7-11-3-4-12(19)8-13(11)20/h2-6,8H,7,9H2,1H3,(H,21,22,23). The number of amides is 1. The molecule has 2 aromatic carbocycles. The Morgan fingerprint density at radius 2 is 2.00 bits per heavy atom. The molecule has 1 N–H and O–H groups in total. The highest BCUT2D eigenvalue weighted by Crippen LogP contribution is 2.26. The maximum atomic E-state index is 12.0. The number of anilines is 1. The van der Waals surface area contributed by atoms with E-state index in [-0.39, 0.29) is 13.0 Å². The second-order valence-corrected chi connectivity index (χ2v) is 7.49. The fourth-order valence-electron chi connectivity index (χ4n) is 2.26. The van der Waals surface area contributed by atoms with E-state index in [1.165, 1.54) is 11.3 Å². The Bertz CT molecular complexity index is 988. The van der Waals surface area contributed by atoms with Gasteiger partial charge in [-0.3, -0.25) is 14.9 Å². The van der Waals surface area contributed by atoms with Gasteiger partial charge in [-0.15, -0.1) is 0 Å². The normalized spacial score (nSPS) is 10.7. The van der Waals surface area contributed by atoms with Crippen LogP contribution >= 0.6 is 34.5 Å². The predicted octanol–water partition coefficient (Wildman–Crippen LogP) is 4.64. The number of esters is 1. The first-order chi connectivity index (χ1) is 12.4. The summed E-state index contributed by atoms with van der Waals surface area (Å²) in [6.45, 7) is 1.60. The summed E-state index contributed by atoms with van der Waals surface area (Å²) < 4.78 is 5.97. The van der Waals surface area contributed by atoms with Gasteiger partial charge in [0.1, 0.15) is 0 Å². The van der Waals surface area contributed by atoms with Crippen molar-refractivity contribution in [3.05, 3.63) is 57.6 Å². The molecule has 1 aromatic heterocycles. The minimum atomic E-state index is -0.552. The van der Waals surface area contributed by atoms with Crippen LogP contribution in [0.3, 0.4) is 0 Å². The molecule has 0 spiro atoms. The molecule has 1 amide bonds. The van der Waals surface area contributed by atoms with Crippen LogP contribution in [-0.4, -0.2) is 23.5 Å². The van der Waals surface area contributed by atoms with E-state index in [9.17, 15) is 9.59 Å². The Hall–Kier alpha value is -2.15. The van der Waals surface area contributed by atoms with Crippen molar-refractivity contribution in [3.8, 4) is 0 Å². The maximum Gasteiger partial charge on any atom is 0.310 e. The van der Waals surface area contributed by atoms with Crippen molar-refractivity contribution in [3.63, 3.8) is 0 Å². The van der Waals surface area contributed by atoms with Crippen molar-refractivity contribution in [2.24, 2.45) is 0 Å². The van der Waals surface area contributed by atoms with Crippen LogP contribution in [0.4, 0.5) is 5.13 Å². The molecule has 0 bridgehead atoms. The zero-order valence-electron chi connectivity index (χ0n) is 13.7. The average molecular weight is 409 g/mol. The summed E-state index contributed by atoms with van der Waals surface area (Å²) in [7, 11) is 0. The predicted molar refractivity (Wildman–Crippen MR) is 104 cm³/mol. The molecule has 26 heavy (non-hydrogen) atoms. The molecule has 134 valence electrons. The third kappa shape index (κ3) is 4.72. The number of rotatable bonds is 5. The summed E-state index contributed by atoms with van der Waals surface area (Å²) in [4.78, 5) is 28.2. The first kappa shape index (κ1) is 18.6. The Morgan fingerprint density at radius 3 is 2.77 bits per heavy atom. The van der Waals surface area contributed by atoms with Crippen molar-refractivity contribution in [2.75, 3.05) is 11.9 Å². The van der Waals surface area contributed by atoms with E-state index in [4.69, 9.17) is 27.9 Å². The molecule has 0 aliphatic heterocycles. The molecule has 1 heterocycles. The van der Waals surface area contributed by atoms with Crippen LogP contribution in [0.1, 0.15) is 11.1 Å². The number of aryl methyl sites for hydroxylation is 1. The summed E-state index contributed by atoms with van der Waals surface area (Å²) in [5.74, 6) is -0.999. The topological polar surface area (TPSA) is 68.3 Å². The number of thiazole rings is 1. The molecular formula is C18H14Cl2N2O3S. The Kier molecular flexibility index (Phi) is 5.76. The van der Waals surface area contributed by atoms with Gasteiger partial charge in [0.15, 0.2) is 11.7 Å². The Labute approximate surface area is 163 Å². The molecular weight excluding hydrogens is 395 g/mol. The maximum absolute atomic E-state index is 12.0. The van der Waals surface area contributed by atoms with Gasteiger partial charge in [0.05, 0.1) is 16.6 Å². The zero-order chi connectivity index (χ0) is 18.7. The van der Waals surface area contributed by atoms with E-state index in [1.54, 1.807) is 18.2 Å². The van der Waals surface area contributed by atoms with Gasteiger partial charge in [0.2, 0.25) is 0 Å². The summed E-state index contributed by atoms with van der Waals surface area (Å²) in [6, 6.07) is 10.7. The number of carbonyl (C=O) groups is 2. The largest absolute Gasteiger partial charge is 0.455 e. The molecule has 5 nitrogen and oxygen atoms in total. The van der Waals surface area contributed by atoms with Gasteiger partial charge >= 0.3 is 5.97 Å². The highest BCUT2D eigenvalue weighted by atomic mass is 35.5. The number of hydrogen-bond donors (Lipinski definition) is 1. The Morgan fingerprint density at radius 1 is 1.19 bits per heavy atom. The number of hydrogen-bond acceptors (Lipinski definition) is 5. The minimum Gasteiger partial charge on any atom is -0.455 e. The number of halogens is 2. The quantitative estimate of drug-likeness (QED) is 0.624. The van der Waals surface area contributed by atoms with Crippen LogP contribution in [0.15, 0.2) is 36.4 Å². The van der Waals surface area contributed by atoms with Gasteiger partial charge in [-0.25, -0.2) is 4.98 Å². The van der Waals surface area contributed by atoms with Crippen LogP contribution in [-0.2, 0) is 20.7 Å². The zero-order valence-corrected chi connectivity index (χ0v) is 16.0. The number of fused-ring (bicyclic) bond motifs is 1. The third-order valence-electron chi connectivity index (χ3n) is 3.50. The third-order valence-corrected chi connectivity index (χ3v) is 5.02. The number of benzene rings is 2. The number of nitrogens with zero attached hydrogens (tertiary/aromatic N) is 1. The Balaban J connectivity index is 1.53. The van der Waals surface area contributed by atoms with E-state index in [0.717, 1.165) is 15.8 Å². The van der Waals surface area contributed by atoms with Crippen LogP contribution in [0.5, 0.6) is 0 Å². The number of carbonyl (C=O) groups excluding carboxylic acids is 2. The van der Waals surface area contributed by atoms with Gasteiger partial charge in [0.25, 0.3) is 5.91 Å². The van der Waals surface area contributed by atoms with Gasteiger partial charge < -0.3 is 4.74 Å². The fraction of sp³-hybridized carbons (Fsp3) is 0.167. The van der Waals surface area contributed by atoms with Crippen LogP contribution in [0.25, 0.3) is 10.2 Å². The molecule has 8 heteroatoms. The second-order valence-electron chi connectivity index (χ2n) is 5.61. The molecule has 0 saturated heterocycles. The monoisotopic (exact) mass is 408 g/mol. The minimum absolute atomic E-state index is 0.0380. The fourth-order valence-corrected chi connectivity index (χ4v) is 3.71. The van der Waals surface area contributed by atoms with E-state index in [1.807, 2.05) is 25.1 Å². The average Bonchev–Trinajstić information content (AvgIpc) is 2.96. The molecule has 0 aliphatic carbocycles. The lowest BCUT2D eigenvalue weighted by atomic mass is 10.1. The number of ether oxygens (including phenoxy) is 1. The molecule has 0 aliphatic rings. The molecule has 3 rings (SSSR count). The van der Waals surface area contributed by atoms with Crippen LogP contribution in [0.2, 0.25) is 10.0 Å². The van der Waals surface area contributed by atoms with Crippen LogP contribution < -0.4 is 5.32 Å². The van der Waals surface area contributed by atoms with Crippen molar-refractivity contribution in [1.82, 2.24) is 4.98 Å². The van der Waals surface area contributed by atoms with Gasteiger partial charge in [-0.1, -0.05) is 46.7 Å². The van der Waals surface area contributed by atoms with Gasteiger partial charge in [0, 0.05) is 10.0 Å². The lowest BCUT2D eigenvalue weighted by Gasteiger charge is -2.06. The molecule has 3 aromatic rings. The summed E-state index contributed by atoms with van der Waals surface area (Å²) in [6.07, 6.45) is -0.0380. The van der Waals surface area contributed by atoms with E-state index in [0.29, 0.717) is 20.7 Å². The summed E-state index contributed by atoms with van der Waals surface area (Å²) >= 11 is 13.2. The molecule has 0 saturated carbocycles. The van der Waals surface area contributed by atoms with Crippen molar-refractivity contribution < 1.29 is 14.3 Å².